The Labute approximate surface area is 148 Å². The normalized spacial score (nSPS) is 9.26. The van der Waals surface area contributed by atoms with Gasteiger partial charge in [0, 0.05) is 51.4 Å². The number of carboxylic acids is 4. The molecule has 1 rings (SSSR count). The molecule has 1 aromatic rings. The molecular formula is C10H6KO8. The van der Waals surface area contributed by atoms with Gasteiger partial charge in [0.25, 0.3) is 0 Å². The molecule has 0 aliphatic carbocycles. The number of carbonyl (C=O) groups is 4. The van der Waals surface area contributed by atoms with E-state index in [1.807, 2.05) is 0 Å². The molecule has 0 spiro atoms. The van der Waals surface area contributed by atoms with Crippen molar-refractivity contribution in [2.24, 2.45) is 0 Å². The van der Waals surface area contributed by atoms with E-state index in [-0.39, 0.29) is 51.4 Å². The summed E-state index contributed by atoms with van der Waals surface area (Å²) in [5.41, 5.74) is -3.15. The van der Waals surface area contributed by atoms with Crippen LogP contribution in [0.4, 0.5) is 0 Å². The fourth-order valence-electron chi connectivity index (χ4n) is 1.31. The third-order valence-electron chi connectivity index (χ3n) is 2.08. The second-order valence-electron chi connectivity index (χ2n) is 3.16. The van der Waals surface area contributed by atoms with Crippen molar-refractivity contribution in [2.45, 2.75) is 0 Å². The maximum Gasteiger partial charge on any atom is 0.336 e. The van der Waals surface area contributed by atoms with Gasteiger partial charge >= 0.3 is 23.9 Å². The van der Waals surface area contributed by atoms with Crippen LogP contribution in [-0.4, -0.2) is 95.7 Å². The summed E-state index contributed by atoms with van der Waals surface area (Å²) >= 11 is 0. The summed E-state index contributed by atoms with van der Waals surface area (Å²) in [5, 5.41) is 35.0. The van der Waals surface area contributed by atoms with Gasteiger partial charge in [-0.2, -0.15) is 0 Å². The minimum Gasteiger partial charge on any atom is -0.478 e. The maximum atomic E-state index is 10.8. The van der Waals surface area contributed by atoms with Crippen molar-refractivity contribution in [3.8, 4) is 0 Å². The Morgan fingerprint density at radius 1 is 0.579 bits per heavy atom. The molecular weight excluding hydrogens is 287 g/mol. The van der Waals surface area contributed by atoms with Crippen LogP contribution in [0.5, 0.6) is 0 Å². The van der Waals surface area contributed by atoms with Gasteiger partial charge in [0.2, 0.25) is 0 Å². The van der Waals surface area contributed by atoms with E-state index in [1.165, 1.54) is 0 Å². The molecule has 1 aromatic carbocycles. The average Bonchev–Trinajstić information content (AvgIpc) is 2.26. The first kappa shape index (κ1) is 17.7. The smallest absolute Gasteiger partial charge is 0.336 e. The topological polar surface area (TPSA) is 149 Å². The largest absolute Gasteiger partial charge is 0.478 e. The molecule has 0 fully saturated rings. The average molecular weight is 293 g/mol. The van der Waals surface area contributed by atoms with E-state index < -0.39 is 46.1 Å². The Balaban J connectivity index is 0.00000324. The number of hydrogen-bond acceptors (Lipinski definition) is 4. The van der Waals surface area contributed by atoms with Gasteiger partial charge in [0.1, 0.15) is 0 Å². The molecule has 0 bridgehead atoms. The molecule has 1 radical (unpaired) electrons. The van der Waals surface area contributed by atoms with Gasteiger partial charge in [0.15, 0.2) is 0 Å². The SMILES string of the molecule is O=C(O)c1cc(C(=O)O)c(C(=O)O)cc1C(=O)O.[K]. The van der Waals surface area contributed by atoms with E-state index in [0.717, 1.165) is 0 Å². The molecule has 19 heavy (non-hydrogen) atoms. The predicted octanol–water partition coefficient (Wildman–Crippen LogP) is 0.0986. The zero-order valence-electron chi connectivity index (χ0n) is 9.58. The van der Waals surface area contributed by atoms with Crippen LogP contribution in [0.1, 0.15) is 41.4 Å². The molecule has 4 N–H and O–H groups in total. The molecule has 0 saturated heterocycles. The molecule has 0 aliphatic rings. The fraction of sp³-hybridized carbons (Fsp3) is 0. The van der Waals surface area contributed by atoms with Crippen molar-refractivity contribution in [1.29, 1.82) is 0 Å². The van der Waals surface area contributed by atoms with Gasteiger partial charge in [-0.3, -0.25) is 0 Å². The van der Waals surface area contributed by atoms with Gasteiger partial charge in [0.05, 0.1) is 22.3 Å². The minimum absolute atomic E-state index is 0. The summed E-state index contributed by atoms with van der Waals surface area (Å²) in [6, 6.07) is 1.02. The quantitative estimate of drug-likeness (QED) is 0.571. The molecule has 0 amide bonds. The zero-order valence-corrected chi connectivity index (χ0v) is 12.7. The third-order valence-corrected chi connectivity index (χ3v) is 2.08. The van der Waals surface area contributed by atoms with Crippen LogP contribution in [0.15, 0.2) is 12.1 Å². The number of carboxylic acid groups (broad SMARTS) is 4. The molecule has 95 valence electrons. The Morgan fingerprint density at radius 2 is 0.737 bits per heavy atom. The molecule has 0 unspecified atom stereocenters. The summed E-state index contributed by atoms with van der Waals surface area (Å²) in [5.74, 6) is -6.64. The van der Waals surface area contributed by atoms with Crippen LogP contribution >= 0.6 is 0 Å². The van der Waals surface area contributed by atoms with Gasteiger partial charge in [-0.15, -0.1) is 0 Å². The van der Waals surface area contributed by atoms with Crippen molar-refractivity contribution in [2.75, 3.05) is 0 Å². The number of rotatable bonds is 4. The fourth-order valence-corrected chi connectivity index (χ4v) is 1.31. The third kappa shape index (κ3) is 3.85. The first-order chi connectivity index (χ1) is 8.25. The Morgan fingerprint density at radius 3 is 0.842 bits per heavy atom. The summed E-state index contributed by atoms with van der Waals surface area (Å²) < 4.78 is 0. The maximum absolute atomic E-state index is 10.8. The first-order valence-corrected chi connectivity index (χ1v) is 4.37. The molecule has 9 heteroatoms. The monoisotopic (exact) mass is 293 g/mol. The van der Waals surface area contributed by atoms with Gasteiger partial charge in [-0.25, -0.2) is 19.2 Å². The first-order valence-electron chi connectivity index (χ1n) is 4.37. The van der Waals surface area contributed by atoms with Crippen molar-refractivity contribution < 1.29 is 39.6 Å². The Hall–Kier alpha value is -1.26. The van der Waals surface area contributed by atoms with E-state index in [1.54, 1.807) is 0 Å². The van der Waals surface area contributed by atoms with Gasteiger partial charge in [-0.1, -0.05) is 0 Å². The number of benzene rings is 1. The molecule has 0 saturated carbocycles. The number of hydrogen-bond donors (Lipinski definition) is 4. The summed E-state index contributed by atoms with van der Waals surface area (Å²) in [6.45, 7) is 0. The van der Waals surface area contributed by atoms with E-state index >= 15 is 0 Å². The second kappa shape index (κ2) is 6.77. The van der Waals surface area contributed by atoms with Crippen LogP contribution in [-0.2, 0) is 0 Å². The molecule has 0 atom stereocenters. The van der Waals surface area contributed by atoms with Gasteiger partial charge in [-0.05, 0) is 12.1 Å². The summed E-state index contributed by atoms with van der Waals surface area (Å²) in [7, 11) is 0. The van der Waals surface area contributed by atoms with Crippen molar-refractivity contribution in [1.82, 2.24) is 0 Å². The standard InChI is InChI=1S/C10H6O8.K/c11-7(12)3-1-4(8(13)14)6(10(17)18)2-5(3)9(15)16;/h1-2H,(H,11,12)(H,13,14)(H,15,16)(H,17,18);. The van der Waals surface area contributed by atoms with Crippen LogP contribution in [0.3, 0.4) is 0 Å². The molecule has 0 heterocycles. The van der Waals surface area contributed by atoms with Crippen LogP contribution in [0.2, 0.25) is 0 Å². The van der Waals surface area contributed by atoms with Gasteiger partial charge < -0.3 is 20.4 Å². The number of aromatic carboxylic acids is 4. The van der Waals surface area contributed by atoms with E-state index in [4.69, 9.17) is 20.4 Å². The summed E-state index contributed by atoms with van der Waals surface area (Å²) in [4.78, 5) is 43.1. The molecule has 0 aliphatic heterocycles. The predicted molar refractivity (Wildman–Crippen MR) is 60.0 cm³/mol. The minimum atomic E-state index is -1.66. The van der Waals surface area contributed by atoms with Crippen LogP contribution in [0.25, 0.3) is 0 Å². The van der Waals surface area contributed by atoms with Crippen molar-refractivity contribution in [3.63, 3.8) is 0 Å². The Bertz CT molecular complexity index is 479. The van der Waals surface area contributed by atoms with Crippen LogP contribution < -0.4 is 0 Å². The zero-order chi connectivity index (χ0) is 14.0. The van der Waals surface area contributed by atoms with Crippen molar-refractivity contribution in [3.05, 3.63) is 34.4 Å². The summed E-state index contributed by atoms with van der Waals surface area (Å²) in [6.07, 6.45) is 0. The van der Waals surface area contributed by atoms with Crippen molar-refractivity contribution >= 4 is 75.3 Å². The second-order valence-corrected chi connectivity index (χ2v) is 3.16. The van der Waals surface area contributed by atoms with Crippen LogP contribution in [0, 0.1) is 0 Å². The van der Waals surface area contributed by atoms with E-state index in [2.05, 4.69) is 0 Å². The Kier molecular flexibility index (Phi) is 6.32. The molecule has 8 nitrogen and oxygen atoms in total. The molecule has 0 aromatic heterocycles. The van der Waals surface area contributed by atoms with E-state index in [0.29, 0.717) is 12.1 Å². The van der Waals surface area contributed by atoms with E-state index in [9.17, 15) is 19.2 Å².